The van der Waals surface area contributed by atoms with Gasteiger partial charge in [0.05, 0.1) is 19.1 Å². The Labute approximate surface area is 114 Å². The molecule has 0 unspecified atom stereocenters. The molecule has 0 radical (unpaired) electrons. The van der Waals surface area contributed by atoms with E-state index in [4.69, 9.17) is 13.9 Å². The third kappa shape index (κ3) is 5.20. The van der Waals surface area contributed by atoms with Crippen LogP contribution in [0.25, 0.3) is 0 Å². The van der Waals surface area contributed by atoms with Crippen molar-refractivity contribution >= 4 is 20.4 Å². The minimum atomic E-state index is -1.80. The number of cyclic esters (lactones) is 1. The average molecular weight is 289 g/mol. The van der Waals surface area contributed by atoms with Crippen LogP contribution >= 0.6 is 0 Å². The number of hydrogen-bond acceptors (Lipinski definition) is 5. The van der Waals surface area contributed by atoms with Gasteiger partial charge in [0.25, 0.3) is 0 Å². The molecule has 0 aromatic heterocycles. The molecule has 6 nitrogen and oxygen atoms in total. The Kier molecular flexibility index (Phi) is 5.36. The molecule has 1 amide bonds. The predicted molar refractivity (Wildman–Crippen MR) is 72.3 cm³/mol. The van der Waals surface area contributed by atoms with Crippen LogP contribution in [0, 0.1) is 0 Å². The number of alkyl carbamates (subject to hydrolysis) is 1. The Balaban J connectivity index is 2.75. The van der Waals surface area contributed by atoms with Crippen molar-refractivity contribution in [3.05, 3.63) is 0 Å². The van der Waals surface area contributed by atoms with E-state index in [0.29, 0.717) is 6.61 Å². The number of hydrogen-bond donors (Lipinski definition) is 1. The summed E-state index contributed by atoms with van der Waals surface area (Å²) >= 11 is 0. The molecular weight excluding hydrogens is 266 g/mol. The molecule has 110 valence electrons. The Morgan fingerprint density at radius 2 is 2.05 bits per heavy atom. The van der Waals surface area contributed by atoms with Gasteiger partial charge in [-0.25, -0.2) is 4.79 Å². The monoisotopic (exact) mass is 289 g/mol. The summed E-state index contributed by atoms with van der Waals surface area (Å²) in [5, 5.41) is 2.64. The molecular formula is C12H23NO5Si. The molecule has 1 heterocycles. The summed E-state index contributed by atoms with van der Waals surface area (Å²) in [6.45, 7) is 10.0. The molecule has 3 atom stereocenters. The summed E-state index contributed by atoms with van der Waals surface area (Å²) in [6, 6.07) is -0.401. The second-order valence-corrected chi connectivity index (χ2v) is 10.0. The number of esters is 1. The summed E-state index contributed by atoms with van der Waals surface area (Å²) in [7, 11) is -1.80. The molecule has 0 aromatic rings. The molecule has 0 bridgehead atoms. The lowest BCUT2D eigenvalue weighted by atomic mass is 10.0. The first-order valence-corrected chi connectivity index (χ1v) is 9.94. The number of carbonyl (C=O) groups excluding carboxylic acids is 2. The zero-order valence-corrected chi connectivity index (χ0v) is 13.2. The van der Waals surface area contributed by atoms with E-state index in [-0.39, 0.29) is 24.6 Å². The third-order valence-electron chi connectivity index (χ3n) is 2.64. The van der Waals surface area contributed by atoms with Crippen LogP contribution in [0.1, 0.15) is 20.3 Å². The highest BCUT2D eigenvalue weighted by molar-refractivity contribution is 6.69. The maximum absolute atomic E-state index is 11.6. The van der Waals surface area contributed by atoms with E-state index in [1.165, 1.54) is 0 Å². The van der Waals surface area contributed by atoms with Gasteiger partial charge in [-0.15, -0.1) is 0 Å². The van der Waals surface area contributed by atoms with Gasteiger partial charge in [0.2, 0.25) is 0 Å². The number of carbonyl (C=O) groups is 2. The fourth-order valence-electron chi connectivity index (χ4n) is 1.98. The normalized spacial score (nSPS) is 27.4. The van der Waals surface area contributed by atoms with Crippen molar-refractivity contribution in [2.45, 2.75) is 58.2 Å². The Morgan fingerprint density at radius 1 is 1.42 bits per heavy atom. The summed E-state index contributed by atoms with van der Waals surface area (Å²) < 4.78 is 16.1. The molecule has 1 fully saturated rings. The molecule has 1 saturated heterocycles. The quantitative estimate of drug-likeness (QED) is 0.615. The SMILES string of the molecule is CCOC(=O)C[C@@H]1NC(=O)O[C@@H](C)[C@H]1O[Si](C)(C)C. The van der Waals surface area contributed by atoms with Crippen molar-refractivity contribution in [1.82, 2.24) is 5.32 Å². The van der Waals surface area contributed by atoms with Crippen molar-refractivity contribution in [1.29, 1.82) is 0 Å². The van der Waals surface area contributed by atoms with E-state index >= 15 is 0 Å². The van der Waals surface area contributed by atoms with Crippen molar-refractivity contribution in [3.8, 4) is 0 Å². The average Bonchev–Trinajstić information content (AvgIpc) is 2.22. The molecule has 1 aliphatic rings. The fraction of sp³-hybridized carbons (Fsp3) is 0.833. The number of nitrogens with one attached hydrogen (secondary N) is 1. The summed E-state index contributed by atoms with van der Waals surface area (Å²) in [6.07, 6.45) is -1.12. The van der Waals surface area contributed by atoms with Crippen LogP contribution in [0.4, 0.5) is 4.79 Å². The first-order valence-electron chi connectivity index (χ1n) is 6.53. The molecule has 19 heavy (non-hydrogen) atoms. The first-order chi connectivity index (χ1) is 8.73. The lowest BCUT2D eigenvalue weighted by molar-refractivity contribution is -0.145. The molecule has 0 saturated carbocycles. The number of amides is 1. The lowest BCUT2D eigenvalue weighted by Gasteiger charge is -2.39. The van der Waals surface area contributed by atoms with E-state index < -0.39 is 20.5 Å². The van der Waals surface area contributed by atoms with Crippen LogP contribution in [0.5, 0.6) is 0 Å². The topological polar surface area (TPSA) is 73.9 Å². The van der Waals surface area contributed by atoms with Crippen LogP contribution in [0.3, 0.4) is 0 Å². The minimum Gasteiger partial charge on any atom is -0.466 e. The van der Waals surface area contributed by atoms with E-state index in [2.05, 4.69) is 25.0 Å². The molecule has 0 aromatic carbocycles. The van der Waals surface area contributed by atoms with Gasteiger partial charge in [-0.1, -0.05) is 0 Å². The van der Waals surface area contributed by atoms with Gasteiger partial charge in [0, 0.05) is 0 Å². The van der Waals surface area contributed by atoms with Gasteiger partial charge in [0.1, 0.15) is 12.2 Å². The largest absolute Gasteiger partial charge is 0.466 e. The summed E-state index contributed by atoms with van der Waals surface area (Å²) in [4.78, 5) is 23.0. The molecule has 0 spiro atoms. The third-order valence-corrected chi connectivity index (χ3v) is 3.62. The van der Waals surface area contributed by atoms with Gasteiger partial charge in [-0.3, -0.25) is 4.79 Å². The van der Waals surface area contributed by atoms with Crippen molar-refractivity contribution in [3.63, 3.8) is 0 Å². The smallest absolute Gasteiger partial charge is 0.407 e. The highest BCUT2D eigenvalue weighted by atomic mass is 28.4. The maximum Gasteiger partial charge on any atom is 0.407 e. The number of ether oxygens (including phenoxy) is 2. The Bertz CT molecular complexity index is 342. The van der Waals surface area contributed by atoms with E-state index in [0.717, 1.165) is 0 Å². The van der Waals surface area contributed by atoms with Gasteiger partial charge in [-0.05, 0) is 33.5 Å². The summed E-state index contributed by atoms with van der Waals surface area (Å²) in [5.74, 6) is -0.342. The first kappa shape index (κ1) is 16.0. The van der Waals surface area contributed by atoms with Crippen LogP contribution in [-0.4, -0.2) is 45.2 Å². The van der Waals surface area contributed by atoms with Gasteiger partial charge in [0.15, 0.2) is 8.32 Å². The van der Waals surface area contributed by atoms with Gasteiger partial charge >= 0.3 is 12.1 Å². The second kappa shape index (κ2) is 6.38. The van der Waals surface area contributed by atoms with Crippen LogP contribution < -0.4 is 5.32 Å². The minimum absolute atomic E-state index is 0.0996. The zero-order valence-electron chi connectivity index (χ0n) is 12.2. The van der Waals surface area contributed by atoms with E-state index in [1.54, 1.807) is 13.8 Å². The highest BCUT2D eigenvalue weighted by Gasteiger charge is 2.40. The molecule has 1 N–H and O–H groups in total. The van der Waals surface area contributed by atoms with Crippen molar-refractivity contribution in [2.24, 2.45) is 0 Å². The van der Waals surface area contributed by atoms with E-state index in [1.807, 2.05) is 0 Å². The fourth-order valence-corrected chi connectivity index (χ4v) is 3.16. The highest BCUT2D eigenvalue weighted by Crippen LogP contribution is 2.21. The summed E-state index contributed by atoms with van der Waals surface area (Å²) in [5.41, 5.74) is 0. The number of rotatable bonds is 5. The van der Waals surface area contributed by atoms with E-state index in [9.17, 15) is 9.59 Å². The molecule has 7 heteroatoms. The van der Waals surface area contributed by atoms with Gasteiger partial charge < -0.3 is 19.2 Å². The van der Waals surface area contributed by atoms with Crippen LogP contribution in [0.15, 0.2) is 0 Å². The van der Waals surface area contributed by atoms with Crippen LogP contribution in [0.2, 0.25) is 19.6 Å². The maximum atomic E-state index is 11.6. The Hall–Kier alpha value is -1.08. The van der Waals surface area contributed by atoms with Gasteiger partial charge in [-0.2, -0.15) is 0 Å². The molecule has 1 aliphatic heterocycles. The molecule has 0 aliphatic carbocycles. The van der Waals surface area contributed by atoms with Crippen molar-refractivity contribution < 1.29 is 23.5 Å². The standard InChI is InChI=1S/C12H23NO5Si/c1-6-16-10(14)7-9-11(18-19(3,4)5)8(2)17-12(15)13-9/h8-9,11H,6-7H2,1-5H3,(H,13,15)/t8-,9-,11+/m0/s1. The van der Waals surface area contributed by atoms with Crippen LogP contribution in [-0.2, 0) is 18.7 Å². The zero-order chi connectivity index (χ0) is 14.6. The Morgan fingerprint density at radius 3 is 2.58 bits per heavy atom. The predicted octanol–water partition coefficient (Wildman–Crippen LogP) is 1.66. The van der Waals surface area contributed by atoms with Crippen molar-refractivity contribution in [2.75, 3.05) is 6.61 Å². The lowest BCUT2D eigenvalue weighted by Crippen LogP contribution is -2.59. The molecule has 1 rings (SSSR count). The second-order valence-electron chi connectivity index (χ2n) is 5.57.